The molecule has 1 N–H and O–H groups in total. The van der Waals surface area contributed by atoms with Crippen molar-refractivity contribution in [3.8, 4) is 0 Å². The molecule has 0 spiro atoms. The Balaban J connectivity index is 2.72. The summed E-state index contributed by atoms with van der Waals surface area (Å²) in [7, 11) is 0. The Labute approximate surface area is 75.5 Å². The van der Waals surface area contributed by atoms with Crippen molar-refractivity contribution in [1.29, 1.82) is 0 Å². The quantitative estimate of drug-likeness (QED) is 0.597. The second-order valence-electron chi connectivity index (χ2n) is 4.59. The fraction of sp³-hybridized carbons (Fsp3) is 0.818. The Hall–Kier alpha value is -0.300. The van der Waals surface area contributed by atoms with Gasteiger partial charge in [0.15, 0.2) is 0 Å². The molecular weight excluding hydrogens is 148 g/mol. The maximum atomic E-state index is 9.91. The molecule has 1 aliphatic carbocycles. The van der Waals surface area contributed by atoms with E-state index in [9.17, 15) is 5.11 Å². The highest BCUT2D eigenvalue weighted by Gasteiger charge is 2.38. The standard InChI is InChI=1S/C11H20O/c1-8(2)11(4)6-5-9(3)7-10(11)12/h9-10,12H,1,5-7H2,2-4H3/t9-,10+,11+/m1/s1. The monoisotopic (exact) mass is 168 g/mol. The summed E-state index contributed by atoms with van der Waals surface area (Å²) in [5.41, 5.74) is 1.11. The summed E-state index contributed by atoms with van der Waals surface area (Å²) in [6, 6.07) is 0. The molecule has 0 heterocycles. The first-order valence-electron chi connectivity index (χ1n) is 4.81. The minimum atomic E-state index is -0.182. The van der Waals surface area contributed by atoms with Crippen LogP contribution in [-0.4, -0.2) is 11.2 Å². The molecule has 0 saturated heterocycles. The average molecular weight is 168 g/mol. The third-order valence-corrected chi connectivity index (χ3v) is 3.49. The van der Waals surface area contributed by atoms with E-state index in [1.165, 1.54) is 6.42 Å². The third kappa shape index (κ3) is 1.56. The van der Waals surface area contributed by atoms with Gasteiger partial charge in [-0.25, -0.2) is 0 Å². The van der Waals surface area contributed by atoms with Crippen molar-refractivity contribution in [2.75, 3.05) is 0 Å². The molecule has 1 fully saturated rings. The SMILES string of the molecule is C=C(C)[C@]1(C)CC[C@@H](C)C[C@@H]1O. The topological polar surface area (TPSA) is 20.2 Å². The van der Waals surface area contributed by atoms with Crippen LogP contribution in [0.2, 0.25) is 0 Å². The van der Waals surface area contributed by atoms with Crippen LogP contribution in [0.4, 0.5) is 0 Å². The zero-order valence-electron chi connectivity index (χ0n) is 8.43. The summed E-state index contributed by atoms with van der Waals surface area (Å²) in [4.78, 5) is 0. The molecule has 0 aliphatic heterocycles. The first kappa shape index (κ1) is 9.79. The number of aliphatic hydroxyl groups excluding tert-OH is 1. The fourth-order valence-corrected chi connectivity index (χ4v) is 1.97. The molecular formula is C11H20O. The van der Waals surface area contributed by atoms with Crippen molar-refractivity contribution in [2.24, 2.45) is 11.3 Å². The van der Waals surface area contributed by atoms with Crippen molar-refractivity contribution in [3.63, 3.8) is 0 Å². The highest BCUT2D eigenvalue weighted by Crippen LogP contribution is 2.43. The number of aliphatic hydroxyl groups is 1. The van der Waals surface area contributed by atoms with Gasteiger partial charge < -0.3 is 5.11 Å². The van der Waals surface area contributed by atoms with E-state index in [0.717, 1.165) is 18.4 Å². The van der Waals surface area contributed by atoms with Crippen LogP contribution in [0.1, 0.15) is 40.0 Å². The van der Waals surface area contributed by atoms with E-state index in [-0.39, 0.29) is 11.5 Å². The number of hydrogen-bond acceptors (Lipinski definition) is 1. The lowest BCUT2D eigenvalue weighted by molar-refractivity contribution is 0.00682. The average Bonchev–Trinajstić information content (AvgIpc) is 1.97. The molecule has 0 aromatic carbocycles. The molecule has 1 rings (SSSR count). The minimum Gasteiger partial charge on any atom is -0.392 e. The molecule has 1 nitrogen and oxygen atoms in total. The van der Waals surface area contributed by atoms with Gasteiger partial charge in [0.25, 0.3) is 0 Å². The second kappa shape index (κ2) is 3.21. The van der Waals surface area contributed by atoms with Crippen molar-refractivity contribution < 1.29 is 5.11 Å². The van der Waals surface area contributed by atoms with E-state index in [4.69, 9.17) is 0 Å². The van der Waals surface area contributed by atoms with Crippen LogP contribution in [0.15, 0.2) is 12.2 Å². The second-order valence-corrected chi connectivity index (χ2v) is 4.59. The fourth-order valence-electron chi connectivity index (χ4n) is 1.97. The Morgan fingerprint density at radius 3 is 2.58 bits per heavy atom. The van der Waals surface area contributed by atoms with Crippen LogP contribution < -0.4 is 0 Å². The molecule has 0 bridgehead atoms. The van der Waals surface area contributed by atoms with E-state index >= 15 is 0 Å². The van der Waals surface area contributed by atoms with Crippen LogP contribution in [-0.2, 0) is 0 Å². The van der Waals surface area contributed by atoms with Crippen molar-refractivity contribution in [1.82, 2.24) is 0 Å². The normalized spacial score (nSPS) is 42.7. The Kier molecular flexibility index (Phi) is 2.62. The van der Waals surface area contributed by atoms with Crippen LogP contribution in [0.25, 0.3) is 0 Å². The lowest BCUT2D eigenvalue weighted by atomic mass is 9.67. The Morgan fingerprint density at radius 2 is 2.17 bits per heavy atom. The van der Waals surface area contributed by atoms with Crippen LogP contribution >= 0.6 is 0 Å². The van der Waals surface area contributed by atoms with Crippen molar-refractivity contribution in [3.05, 3.63) is 12.2 Å². The highest BCUT2D eigenvalue weighted by molar-refractivity contribution is 5.10. The molecule has 1 aliphatic rings. The van der Waals surface area contributed by atoms with Gasteiger partial charge in [0.1, 0.15) is 0 Å². The van der Waals surface area contributed by atoms with Crippen LogP contribution in [0, 0.1) is 11.3 Å². The molecule has 0 unspecified atom stereocenters. The van der Waals surface area contributed by atoms with Gasteiger partial charge in [0.05, 0.1) is 6.10 Å². The first-order valence-corrected chi connectivity index (χ1v) is 4.81. The minimum absolute atomic E-state index is 0.0213. The van der Waals surface area contributed by atoms with Crippen molar-refractivity contribution >= 4 is 0 Å². The van der Waals surface area contributed by atoms with Crippen LogP contribution in [0.3, 0.4) is 0 Å². The first-order chi connectivity index (χ1) is 5.47. The van der Waals surface area contributed by atoms with E-state index < -0.39 is 0 Å². The predicted molar refractivity (Wildman–Crippen MR) is 51.9 cm³/mol. The molecule has 1 saturated carbocycles. The largest absolute Gasteiger partial charge is 0.392 e. The summed E-state index contributed by atoms with van der Waals surface area (Å²) < 4.78 is 0. The Bertz CT molecular complexity index is 185. The molecule has 12 heavy (non-hydrogen) atoms. The third-order valence-electron chi connectivity index (χ3n) is 3.49. The van der Waals surface area contributed by atoms with Gasteiger partial charge in [-0.05, 0) is 32.1 Å². The molecule has 0 aromatic heterocycles. The summed E-state index contributed by atoms with van der Waals surface area (Å²) in [6.07, 6.45) is 3.06. The van der Waals surface area contributed by atoms with Gasteiger partial charge in [-0.2, -0.15) is 0 Å². The van der Waals surface area contributed by atoms with Gasteiger partial charge >= 0.3 is 0 Å². The summed E-state index contributed by atoms with van der Waals surface area (Å²) in [5, 5.41) is 9.91. The summed E-state index contributed by atoms with van der Waals surface area (Å²) >= 11 is 0. The lowest BCUT2D eigenvalue weighted by Gasteiger charge is -2.41. The summed E-state index contributed by atoms with van der Waals surface area (Å²) in [6.45, 7) is 10.3. The molecule has 0 radical (unpaired) electrons. The van der Waals surface area contributed by atoms with Gasteiger partial charge in [0.2, 0.25) is 0 Å². The van der Waals surface area contributed by atoms with E-state index in [1.54, 1.807) is 0 Å². The van der Waals surface area contributed by atoms with E-state index in [1.807, 2.05) is 6.92 Å². The molecule has 3 atom stereocenters. The van der Waals surface area contributed by atoms with Gasteiger partial charge in [-0.1, -0.05) is 26.0 Å². The predicted octanol–water partition coefficient (Wildman–Crippen LogP) is 2.75. The lowest BCUT2D eigenvalue weighted by Crippen LogP contribution is -2.38. The molecule has 70 valence electrons. The molecule has 0 aromatic rings. The van der Waals surface area contributed by atoms with Crippen LogP contribution in [0.5, 0.6) is 0 Å². The molecule has 0 amide bonds. The number of hydrogen-bond donors (Lipinski definition) is 1. The zero-order chi connectivity index (χ0) is 9.35. The molecule has 1 heteroatoms. The van der Waals surface area contributed by atoms with Gasteiger partial charge in [-0.15, -0.1) is 0 Å². The maximum absolute atomic E-state index is 9.91. The zero-order valence-corrected chi connectivity index (χ0v) is 8.43. The van der Waals surface area contributed by atoms with Gasteiger partial charge in [0, 0.05) is 5.41 Å². The number of rotatable bonds is 1. The van der Waals surface area contributed by atoms with E-state index in [0.29, 0.717) is 5.92 Å². The van der Waals surface area contributed by atoms with Gasteiger partial charge in [-0.3, -0.25) is 0 Å². The van der Waals surface area contributed by atoms with E-state index in [2.05, 4.69) is 20.4 Å². The maximum Gasteiger partial charge on any atom is 0.0633 e. The summed E-state index contributed by atoms with van der Waals surface area (Å²) in [5.74, 6) is 0.674. The Morgan fingerprint density at radius 1 is 1.58 bits per heavy atom. The van der Waals surface area contributed by atoms with Crippen molar-refractivity contribution in [2.45, 2.75) is 46.1 Å². The highest BCUT2D eigenvalue weighted by atomic mass is 16.3. The smallest absolute Gasteiger partial charge is 0.0633 e.